The quantitative estimate of drug-likeness (QED) is 0.716. The lowest BCUT2D eigenvalue weighted by Crippen LogP contribution is -2.14. The maximum absolute atomic E-state index is 4.56. The molecule has 0 fully saturated rings. The van der Waals surface area contributed by atoms with E-state index in [-0.39, 0.29) is 0 Å². The van der Waals surface area contributed by atoms with Crippen LogP contribution < -0.4 is 5.32 Å². The standard InChI is InChI=1S/C16H15N3/c1-2-8-15-12(5-1)11-18-19(15)16-9-3-7-14-13(16)6-4-10-17-14/h1-3,5,7-9,11,17H,4,6,10H2. The number of hydrogen-bond acceptors (Lipinski definition) is 2. The van der Waals surface area contributed by atoms with Gasteiger partial charge in [0, 0.05) is 23.2 Å². The van der Waals surface area contributed by atoms with Gasteiger partial charge in [-0.1, -0.05) is 24.3 Å². The van der Waals surface area contributed by atoms with Crippen LogP contribution in [0.5, 0.6) is 0 Å². The van der Waals surface area contributed by atoms with Gasteiger partial charge in [-0.2, -0.15) is 5.10 Å². The Labute approximate surface area is 111 Å². The van der Waals surface area contributed by atoms with Crippen molar-refractivity contribution in [2.75, 3.05) is 11.9 Å². The molecule has 0 saturated carbocycles. The molecule has 0 atom stereocenters. The number of rotatable bonds is 1. The first kappa shape index (κ1) is 10.6. The van der Waals surface area contributed by atoms with E-state index in [0.29, 0.717) is 0 Å². The van der Waals surface area contributed by atoms with Gasteiger partial charge in [0.2, 0.25) is 0 Å². The van der Waals surface area contributed by atoms with E-state index in [2.05, 4.69) is 57.6 Å². The predicted molar refractivity (Wildman–Crippen MR) is 77.9 cm³/mol. The number of aromatic nitrogens is 2. The number of anilines is 1. The number of benzene rings is 2. The lowest BCUT2D eigenvalue weighted by atomic mass is 10.0. The molecule has 0 radical (unpaired) electrons. The van der Waals surface area contributed by atoms with Crippen LogP contribution in [0.2, 0.25) is 0 Å². The van der Waals surface area contributed by atoms with Crippen molar-refractivity contribution < 1.29 is 0 Å². The average Bonchev–Trinajstić information content (AvgIpc) is 2.90. The van der Waals surface area contributed by atoms with E-state index in [1.54, 1.807) is 0 Å². The molecule has 1 N–H and O–H groups in total. The minimum Gasteiger partial charge on any atom is -0.385 e. The van der Waals surface area contributed by atoms with Gasteiger partial charge in [0.25, 0.3) is 0 Å². The van der Waals surface area contributed by atoms with Crippen molar-refractivity contribution in [3.63, 3.8) is 0 Å². The maximum atomic E-state index is 4.56. The van der Waals surface area contributed by atoms with E-state index in [4.69, 9.17) is 0 Å². The van der Waals surface area contributed by atoms with E-state index >= 15 is 0 Å². The van der Waals surface area contributed by atoms with Crippen LogP contribution in [0, 0.1) is 0 Å². The van der Waals surface area contributed by atoms with E-state index in [9.17, 15) is 0 Å². The molecule has 2 aromatic carbocycles. The topological polar surface area (TPSA) is 29.9 Å². The van der Waals surface area contributed by atoms with E-state index in [1.807, 2.05) is 6.20 Å². The fraction of sp³-hybridized carbons (Fsp3) is 0.188. The summed E-state index contributed by atoms with van der Waals surface area (Å²) in [6.45, 7) is 1.07. The van der Waals surface area contributed by atoms with Gasteiger partial charge in [0.1, 0.15) is 0 Å². The highest BCUT2D eigenvalue weighted by Crippen LogP contribution is 2.29. The number of nitrogens with zero attached hydrogens (tertiary/aromatic N) is 2. The van der Waals surface area contributed by atoms with Crippen molar-refractivity contribution in [2.24, 2.45) is 0 Å². The van der Waals surface area contributed by atoms with Crippen molar-refractivity contribution in [3.05, 3.63) is 54.2 Å². The molecule has 3 nitrogen and oxygen atoms in total. The Bertz CT molecular complexity index is 743. The van der Waals surface area contributed by atoms with Crippen molar-refractivity contribution in [2.45, 2.75) is 12.8 Å². The first-order valence-electron chi connectivity index (χ1n) is 6.72. The summed E-state index contributed by atoms with van der Waals surface area (Å²) in [5.74, 6) is 0. The molecule has 1 aliphatic heterocycles. The molecule has 1 aromatic heterocycles. The average molecular weight is 249 g/mol. The summed E-state index contributed by atoms with van der Waals surface area (Å²) in [6.07, 6.45) is 4.24. The smallest absolute Gasteiger partial charge is 0.0741 e. The normalized spacial score (nSPS) is 14.1. The zero-order valence-corrected chi connectivity index (χ0v) is 10.6. The molecule has 1 aliphatic rings. The maximum Gasteiger partial charge on any atom is 0.0741 e. The number of para-hydroxylation sites is 1. The first-order valence-corrected chi connectivity index (χ1v) is 6.72. The summed E-state index contributed by atoms with van der Waals surface area (Å²) >= 11 is 0. The van der Waals surface area contributed by atoms with Gasteiger partial charge < -0.3 is 5.32 Å². The molecule has 0 bridgehead atoms. The van der Waals surface area contributed by atoms with Crippen LogP contribution in [-0.4, -0.2) is 16.3 Å². The molecule has 19 heavy (non-hydrogen) atoms. The zero-order chi connectivity index (χ0) is 12.7. The third-order valence-electron chi connectivity index (χ3n) is 3.78. The molecule has 94 valence electrons. The van der Waals surface area contributed by atoms with E-state index in [0.717, 1.165) is 13.0 Å². The number of hydrogen-bond donors (Lipinski definition) is 1. The van der Waals surface area contributed by atoms with Crippen LogP contribution in [0.4, 0.5) is 5.69 Å². The molecular weight excluding hydrogens is 234 g/mol. The molecule has 4 rings (SSSR count). The Morgan fingerprint density at radius 1 is 1.05 bits per heavy atom. The van der Waals surface area contributed by atoms with Crippen molar-refractivity contribution in [1.82, 2.24) is 9.78 Å². The van der Waals surface area contributed by atoms with Crippen molar-refractivity contribution in [1.29, 1.82) is 0 Å². The Morgan fingerprint density at radius 2 is 2.00 bits per heavy atom. The summed E-state index contributed by atoms with van der Waals surface area (Å²) in [6, 6.07) is 14.8. The molecule has 0 amide bonds. The predicted octanol–water partition coefficient (Wildman–Crippen LogP) is 3.38. The summed E-state index contributed by atoms with van der Waals surface area (Å²) in [5.41, 5.74) is 5.00. The molecule has 0 spiro atoms. The Kier molecular flexibility index (Phi) is 2.30. The second-order valence-corrected chi connectivity index (χ2v) is 4.95. The third-order valence-corrected chi connectivity index (χ3v) is 3.78. The molecule has 2 heterocycles. The van der Waals surface area contributed by atoms with Gasteiger partial charge in [-0.15, -0.1) is 0 Å². The first-order chi connectivity index (χ1) is 9.43. The van der Waals surface area contributed by atoms with E-state index < -0.39 is 0 Å². The highest BCUT2D eigenvalue weighted by Gasteiger charge is 2.15. The lowest BCUT2D eigenvalue weighted by Gasteiger charge is -2.21. The Morgan fingerprint density at radius 3 is 3.00 bits per heavy atom. The van der Waals surface area contributed by atoms with Crippen LogP contribution in [0.25, 0.3) is 16.6 Å². The minimum absolute atomic E-state index is 1.07. The Hall–Kier alpha value is -2.29. The van der Waals surface area contributed by atoms with Gasteiger partial charge >= 0.3 is 0 Å². The highest BCUT2D eigenvalue weighted by molar-refractivity contribution is 5.81. The molecule has 3 heteroatoms. The van der Waals surface area contributed by atoms with E-state index in [1.165, 1.54) is 34.3 Å². The summed E-state index contributed by atoms with van der Waals surface area (Å²) in [5, 5.41) is 9.22. The second-order valence-electron chi connectivity index (χ2n) is 4.95. The second kappa shape index (κ2) is 4.12. The molecule has 3 aromatic rings. The van der Waals surface area contributed by atoms with Crippen LogP contribution in [0.3, 0.4) is 0 Å². The summed E-state index contributed by atoms with van der Waals surface area (Å²) in [4.78, 5) is 0. The van der Waals surface area contributed by atoms with Crippen molar-refractivity contribution in [3.8, 4) is 5.69 Å². The van der Waals surface area contributed by atoms with Crippen molar-refractivity contribution >= 4 is 16.6 Å². The highest BCUT2D eigenvalue weighted by atomic mass is 15.3. The Balaban J connectivity index is 1.97. The largest absolute Gasteiger partial charge is 0.385 e. The minimum atomic E-state index is 1.07. The van der Waals surface area contributed by atoms with Crippen LogP contribution in [-0.2, 0) is 6.42 Å². The number of fused-ring (bicyclic) bond motifs is 2. The van der Waals surface area contributed by atoms with Crippen LogP contribution in [0.15, 0.2) is 48.7 Å². The molecule has 0 aliphatic carbocycles. The summed E-state index contributed by atoms with van der Waals surface area (Å²) < 4.78 is 2.06. The van der Waals surface area contributed by atoms with Gasteiger partial charge in [-0.05, 0) is 31.0 Å². The fourth-order valence-corrected chi connectivity index (χ4v) is 2.85. The molecule has 0 unspecified atom stereocenters. The van der Waals surface area contributed by atoms with Gasteiger partial charge in [-0.25, -0.2) is 4.68 Å². The van der Waals surface area contributed by atoms with Gasteiger partial charge in [-0.3, -0.25) is 0 Å². The zero-order valence-electron chi connectivity index (χ0n) is 10.6. The number of nitrogens with one attached hydrogen (secondary N) is 1. The fourth-order valence-electron chi connectivity index (χ4n) is 2.85. The van der Waals surface area contributed by atoms with Crippen LogP contribution in [0.1, 0.15) is 12.0 Å². The lowest BCUT2D eigenvalue weighted by molar-refractivity contribution is 0.804. The van der Waals surface area contributed by atoms with Gasteiger partial charge in [0.05, 0.1) is 17.4 Å². The third kappa shape index (κ3) is 1.62. The molecular formula is C16H15N3. The van der Waals surface area contributed by atoms with Crippen LogP contribution >= 0.6 is 0 Å². The summed E-state index contributed by atoms with van der Waals surface area (Å²) in [7, 11) is 0. The monoisotopic (exact) mass is 249 g/mol. The SMILES string of the molecule is c1cc2c(c(-n3ncc4ccccc43)c1)CCCN2. The van der Waals surface area contributed by atoms with Gasteiger partial charge in [0.15, 0.2) is 0 Å². The molecule has 0 saturated heterocycles.